The highest BCUT2D eigenvalue weighted by Gasteiger charge is 2.20. The van der Waals surface area contributed by atoms with Crippen LogP contribution in [-0.2, 0) is 4.74 Å². The highest BCUT2D eigenvalue weighted by Crippen LogP contribution is 2.22. The van der Waals surface area contributed by atoms with Crippen LogP contribution in [0.2, 0.25) is 0 Å². The summed E-state index contributed by atoms with van der Waals surface area (Å²) >= 11 is 0. The van der Waals surface area contributed by atoms with Gasteiger partial charge in [0.15, 0.2) is 0 Å². The fraction of sp³-hybridized carbons (Fsp3) is 0.368. The van der Waals surface area contributed by atoms with Crippen LogP contribution in [0, 0.1) is 0 Å². The second kappa shape index (κ2) is 7.21. The zero-order valence-electron chi connectivity index (χ0n) is 14.8. The second-order valence-electron chi connectivity index (χ2n) is 6.52. The van der Waals surface area contributed by atoms with Gasteiger partial charge in [-0.2, -0.15) is 5.10 Å². The maximum atomic E-state index is 11.6. The summed E-state index contributed by atoms with van der Waals surface area (Å²) in [5.74, 6) is 0. The van der Waals surface area contributed by atoms with E-state index in [1.54, 1.807) is 7.11 Å². The molecule has 26 heavy (non-hydrogen) atoms. The van der Waals surface area contributed by atoms with Crippen LogP contribution in [0.1, 0.15) is 6.42 Å². The molecule has 2 aliphatic rings. The SMILES string of the molecule is COC1C=CC(N2CCN(c3ccc(-n4cn[nH]c4=O)cc3)CC2)=CC1. The number of anilines is 1. The summed E-state index contributed by atoms with van der Waals surface area (Å²) in [5, 5.41) is 6.17. The van der Waals surface area contributed by atoms with Gasteiger partial charge < -0.3 is 14.5 Å². The van der Waals surface area contributed by atoms with Crippen LogP contribution >= 0.6 is 0 Å². The highest BCUT2D eigenvalue weighted by atomic mass is 16.5. The number of hydrogen-bond donors (Lipinski definition) is 1. The summed E-state index contributed by atoms with van der Waals surface area (Å²) in [6.07, 6.45) is 9.22. The molecule has 1 unspecified atom stereocenters. The number of methoxy groups -OCH3 is 1. The minimum absolute atomic E-state index is 0.210. The van der Waals surface area contributed by atoms with Crippen molar-refractivity contribution in [3.8, 4) is 5.69 Å². The summed E-state index contributed by atoms with van der Waals surface area (Å²) in [5.41, 5.74) is 3.07. The van der Waals surface area contributed by atoms with Gasteiger partial charge in [-0.15, -0.1) is 0 Å². The number of H-pyrrole nitrogens is 1. The number of allylic oxidation sites excluding steroid dienone is 1. The van der Waals surface area contributed by atoms with Crippen molar-refractivity contribution in [1.29, 1.82) is 0 Å². The number of piperazine rings is 1. The smallest absolute Gasteiger partial charge is 0.347 e. The third-order valence-electron chi connectivity index (χ3n) is 5.03. The zero-order valence-corrected chi connectivity index (χ0v) is 14.8. The molecule has 136 valence electrons. The lowest BCUT2D eigenvalue weighted by Gasteiger charge is -2.38. The number of aromatic nitrogens is 3. The number of ether oxygens (including phenoxy) is 1. The van der Waals surface area contributed by atoms with Crippen LogP contribution in [0.25, 0.3) is 5.69 Å². The minimum Gasteiger partial charge on any atom is -0.377 e. The predicted molar refractivity (Wildman–Crippen MR) is 101 cm³/mol. The van der Waals surface area contributed by atoms with Gasteiger partial charge in [-0.3, -0.25) is 0 Å². The average molecular weight is 353 g/mol. The molecule has 1 aliphatic heterocycles. The van der Waals surface area contributed by atoms with Crippen molar-refractivity contribution in [1.82, 2.24) is 19.7 Å². The Balaban J connectivity index is 1.38. The first-order valence-corrected chi connectivity index (χ1v) is 8.88. The Labute approximate surface area is 152 Å². The molecule has 1 aromatic heterocycles. The van der Waals surface area contributed by atoms with Gasteiger partial charge in [0, 0.05) is 44.7 Å². The molecule has 0 radical (unpaired) electrons. The molecule has 1 saturated heterocycles. The Morgan fingerprint density at radius 1 is 1.08 bits per heavy atom. The molecule has 7 nitrogen and oxygen atoms in total. The van der Waals surface area contributed by atoms with E-state index in [9.17, 15) is 4.79 Å². The van der Waals surface area contributed by atoms with Crippen LogP contribution in [-0.4, -0.2) is 59.1 Å². The Morgan fingerprint density at radius 3 is 2.35 bits per heavy atom. The van der Waals surface area contributed by atoms with E-state index in [0.29, 0.717) is 0 Å². The topological polar surface area (TPSA) is 66.4 Å². The summed E-state index contributed by atoms with van der Waals surface area (Å²) in [6, 6.07) is 8.03. The van der Waals surface area contributed by atoms with E-state index in [2.05, 4.69) is 50.4 Å². The molecular weight excluding hydrogens is 330 g/mol. The maximum Gasteiger partial charge on any atom is 0.347 e. The van der Waals surface area contributed by atoms with Crippen LogP contribution in [0.4, 0.5) is 5.69 Å². The van der Waals surface area contributed by atoms with Gasteiger partial charge in [0.25, 0.3) is 0 Å². The number of benzene rings is 1. The summed E-state index contributed by atoms with van der Waals surface area (Å²) in [7, 11) is 1.75. The van der Waals surface area contributed by atoms with Crippen molar-refractivity contribution in [2.24, 2.45) is 0 Å². The van der Waals surface area contributed by atoms with Crippen LogP contribution in [0.3, 0.4) is 0 Å². The van der Waals surface area contributed by atoms with E-state index < -0.39 is 0 Å². The second-order valence-corrected chi connectivity index (χ2v) is 6.52. The van der Waals surface area contributed by atoms with E-state index in [1.165, 1.54) is 22.3 Å². The predicted octanol–water partition coefficient (Wildman–Crippen LogP) is 1.54. The first-order chi connectivity index (χ1) is 12.7. The van der Waals surface area contributed by atoms with Crippen LogP contribution in [0.5, 0.6) is 0 Å². The number of nitrogens with one attached hydrogen (secondary N) is 1. The lowest BCUT2D eigenvalue weighted by molar-refractivity contribution is 0.141. The third-order valence-corrected chi connectivity index (χ3v) is 5.03. The van der Waals surface area contributed by atoms with E-state index in [-0.39, 0.29) is 11.8 Å². The molecule has 0 bridgehead atoms. The monoisotopic (exact) mass is 353 g/mol. The summed E-state index contributed by atoms with van der Waals surface area (Å²) in [4.78, 5) is 16.4. The third kappa shape index (κ3) is 3.30. The van der Waals surface area contributed by atoms with Crippen molar-refractivity contribution in [3.63, 3.8) is 0 Å². The lowest BCUT2D eigenvalue weighted by atomic mass is 10.1. The summed E-state index contributed by atoms with van der Waals surface area (Å²) < 4.78 is 6.86. The van der Waals surface area contributed by atoms with Crippen molar-refractivity contribution in [2.75, 3.05) is 38.2 Å². The molecule has 1 aliphatic carbocycles. The zero-order chi connectivity index (χ0) is 17.9. The maximum absolute atomic E-state index is 11.6. The highest BCUT2D eigenvalue weighted by molar-refractivity contribution is 5.51. The van der Waals surface area contributed by atoms with Gasteiger partial charge in [0.2, 0.25) is 0 Å². The molecule has 2 aromatic rings. The molecular formula is C19H23N5O2. The Bertz CT molecular complexity index is 857. The molecule has 7 heteroatoms. The Hall–Kier alpha value is -2.80. The molecule has 0 spiro atoms. The van der Waals surface area contributed by atoms with Gasteiger partial charge >= 0.3 is 5.69 Å². The average Bonchev–Trinajstić information content (AvgIpc) is 3.14. The fourth-order valence-corrected chi connectivity index (χ4v) is 3.48. The Morgan fingerprint density at radius 2 is 1.77 bits per heavy atom. The van der Waals surface area contributed by atoms with E-state index >= 15 is 0 Å². The number of rotatable bonds is 4. The normalized spacial score (nSPS) is 20.3. The van der Waals surface area contributed by atoms with Gasteiger partial charge in [0.05, 0.1) is 11.8 Å². The first kappa shape index (κ1) is 16.7. The fourth-order valence-electron chi connectivity index (χ4n) is 3.48. The molecule has 2 heterocycles. The Kier molecular flexibility index (Phi) is 4.62. The van der Waals surface area contributed by atoms with Crippen molar-refractivity contribution < 1.29 is 4.74 Å². The standard InChI is InChI=1S/C19H23N5O2/c1-26-18-8-6-16(7-9-18)23-12-10-22(11-13-23)15-2-4-17(5-3-15)24-14-20-21-19(24)25/h2-8,14,18H,9-13H2,1H3,(H,21,25). The van der Waals surface area contributed by atoms with Gasteiger partial charge in [-0.25, -0.2) is 14.5 Å². The molecule has 1 fully saturated rings. The van der Waals surface area contributed by atoms with E-state index in [1.807, 2.05) is 12.1 Å². The van der Waals surface area contributed by atoms with E-state index in [4.69, 9.17) is 4.74 Å². The van der Waals surface area contributed by atoms with E-state index in [0.717, 1.165) is 38.3 Å². The molecule has 1 N–H and O–H groups in total. The summed E-state index contributed by atoms with van der Waals surface area (Å²) in [6.45, 7) is 3.95. The largest absolute Gasteiger partial charge is 0.377 e. The molecule has 0 saturated carbocycles. The minimum atomic E-state index is -0.226. The molecule has 1 aromatic carbocycles. The van der Waals surface area contributed by atoms with Crippen LogP contribution in [0.15, 0.2) is 59.3 Å². The van der Waals surface area contributed by atoms with Gasteiger partial charge in [0.1, 0.15) is 6.33 Å². The molecule has 1 atom stereocenters. The van der Waals surface area contributed by atoms with Gasteiger partial charge in [-0.05, 0) is 36.8 Å². The van der Waals surface area contributed by atoms with Crippen molar-refractivity contribution in [3.05, 3.63) is 65.0 Å². The van der Waals surface area contributed by atoms with Gasteiger partial charge in [-0.1, -0.05) is 12.2 Å². The van der Waals surface area contributed by atoms with Crippen molar-refractivity contribution in [2.45, 2.75) is 12.5 Å². The number of aromatic amines is 1. The van der Waals surface area contributed by atoms with Crippen LogP contribution < -0.4 is 10.6 Å². The first-order valence-electron chi connectivity index (χ1n) is 8.88. The quantitative estimate of drug-likeness (QED) is 0.903. The lowest BCUT2D eigenvalue weighted by Crippen LogP contribution is -2.45. The molecule has 4 rings (SSSR count). The van der Waals surface area contributed by atoms with Crippen molar-refractivity contribution >= 4 is 5.69 Å². The number of nitrogens with zero attached hydrogens (tertiary/aromatic N) is 4. The number of hydrogen-bond acceptors (Lipinski definition) is 5. The molecule has 0 amide bonds.